The van der Waals surface area contributed by atoms with Gasteiger partial charge in [-0.25, -0.2) is 14.9 Å². The van der Waals surface area contributed by atoms with Crippen LogP contribution in [0.5, 0.6) is 0 Å². The second-order valence-corrected chi connectivity index (χ2v) is 4.49. The van der Waals surface area contributed by atoms with Gasteiger partial charge in [-0.05, 0) is 25.5 Å². The maximum Gasteiger partial charge on any atom is 0.286 e. The molecule has 0 bridgehead atoms. The monoisotopic (exact) mass is 253 g/mol. The van der Waals surface area contributed by atoms with E-state index < -0.39 is 11.8 Å². The lowest BCUT2D eigenvalue weighted by atomic mass is 10.1. The molecule has 1 aromatic heterocycles. The standard InChI is InChI=1S/C14H11N3O2/c1-8-3-4-10(9(2)7-8)17-13(18)11-12(14(17)19)16-6-5-15-11/h3-7H,1-2H3. The van der Waals surface area contributed by atoms with Gasteiger partial charge in [0, 0.05) is 12.4 Å². The lowest BCUT2D eigenvalue weighted by Gasteiger charge is -2.16. The fraction of sp³-hybridized carbons (Fsp3) is 0.143. The molecule has 5 nitrogen and oxygen atoms in total. The summed E-state index contributed by atoms with van der Waals surface area (Å²) in [6.07, 6.45) is 2.82. The molecule has 2 heterocycles. The molecule has 5 heteroatoms. The van der Waals surface area contributed by atoms with Crippen molar-refractivity contribution in [2.45, 2.75) is 13.8 Å². The van der Waals surface area contributed by atoms with E-state index in [-0.39, 0.29) is 11.4 Å². The predicted octanol–water partition coefficient (Wildman–Crippen LogP) is 1.89. The highest BCUT2D eigenvalue weighted by molar-refractivity contribution is 6.33. The number of carbonyl (C=O) groups is 2. The smallest absolute Gasteiger partial charge is 0.266 e. The summed E-state index contributed by atoms with van der Waals surface area (Å²) in [6.45, 7) is 3.83. The Morgan fingerprint density at radius 3 is 2.05 bits per heavy atom. The lowest BCUT2D eigenvalue weighted by molar-refractivity contribution is 0.0923. The molecule has 2 amide bonds. The maximum absolute atomic E-state index is 12.2. The van der Waals surface area contributed by atoms with E-state index in [0.29, 0.717) is 5.69 Å². The molecule has 0 saturated heterocycles. The van der Waals surface area contributed by atoms with Crippen LogP contribution in [0.2, 0.25) is 0 Å². The second kappa shape index (κ2) is 3.98. The van der Waals surface area contributed by atoms with E-state index in [9.17, 15) is 9.59 Å². The summed E-state index contributed by atoms with van der Waals surface area (Å²) >= 11 is 0. The van der Waals surface area contributed by atoms with Gasteiger partial charge in [0.1, 0.15) is 0 Å². The molecule has 94 valence electrons. The number of aromatic nitrogens is 2. The second-order valence-electron chi connectivity index (χ2n) is 4.49. The van der Waals surface area contributed by atoms with E-state index in [1.807, 2.05) is 26.0 Å². The number of rotatable bonds is 1. The Kier molecular flexibility index (Phi) is 2.41. The SMILES string of the molecule is Cc1ccc(N2C(=O)c3nccnc3C2=O)c(C)c1. The molecule has 0 unspecified atom stereocenters. The summed E-state index contributed by atoms with van der Waals surface area (Å²) in [4.78, 5) is 33.5. The highest BCUT2D eigenvalue weighted by Gasteiger charge is 2.39. The van der Waals surface area contributed by atoms with Crippen molar-refractivity contribution in [3.05, 3.63) is 53.1 Å². The van der Waals surface area contributed by atoms with Crippen molar-refractivity contribution in [2.75, 3.05) is 4.90 Å². The summed E-state index contributed by atoms with van der Waals surface area (Å²) in [5, 5.41) is 0. The van der Waals surface area contributed by atoms with Crippen molar-refractivity contribution in [3.8, 4) is 0 Å². The number of aryl methyl sites for hydroxylation is 2. The fourth-order valence-corrected chi connectivity index (χ4v) is 2.23. The van der Waals surface area contributed by atoms with Crippen LogP contribution in [0.25, 0.3) is 0 Å². The molecule has 0 saturated carbocycles. The third-order valence-electron chi connectivity index (χ3n) is 3.10. The van der Waals surface area contributed by atoms with Gasteiger partial charge in [-0.1, -0.05) is 17.7 Å². The van der Waals surface area contributed by atoms with Gasteiger partial charge in [-0.3, -0.25) is 9.59 Å². The van der Waals surface area contributed by atoms with E-state index in [2.05, 4.69) is 9.97 Å². The number of carbonyl (C=O) groups excluding carboxylic acids is 2. The van der Waals surface area contributed by atoms with Gasteiger partial charge in [0.2, 0.25) is 0 Å². The lowest BCUT2D eigenvalue weighted by Crippen LogP contribution is -2.30. The van der Waals surface area contributed by atoms with Crippen molar-refractivity contribution in [3.63, 3.8) is 0 Å². The van der Waals surface area contributed by atoms with Crippen molar-refractivity contribution >= 4 is 17.5 Å². The van der Waals surface area contributed by atoms with Crippen LogP contribution in [0.3, 0.4) is 0 Å². The number of hydrogen-bond donors (Lipinski definition) is 0. The molecular weight excluding hydrogens is 242 g/mol. The number of imide groups is 1. The first-order valence-corrected chi connectivity index (χ1v) is 5.86. The highest BCUT2D eigenvalue weighted by atomic mass is 16.2. The molecule has 1 aliphatic heterocycles. The van der Waals surface area contributed by atoms with Crippen LogP contribution in [0, 0.1) is 13.8 Å². The topological polar surface area (TPSA) is 63.2 Å². The molecule has 0 fully saturated rings. The minimum Gasteiger partial charge on any atom is -0.266 e. The molecule has 1 aromatic carbocycles. The molecule has 19 heavy (non-hydrogen) atoms. The average Bonchev–Trinajstić information content (AvgIpc) is 2.64. The third-order valence-corrected chi connectivity index (χ3v) is 3.10. The normalized spacial score (nSPS) is 13.9. The fourth-order valence-electron chi connectivity index (χ4n) is 2.23. The van der Waals surface area contributed by atoms with Crippen LogP contribution in [-0.2, 0) is 0 Å². The van der Waals surface area contributed by atoms with Gasteiger partial charge in [0.25, 0.3) is 11.8 Å². The Balaban J connectivity index is 2.14. The zero-order chi connectivity index (χ0) is 13.6. The molecule has 2 aromatic rings. The minimum atomic E-state index is -0.417. The van der Waals surface area contributed by atoms with Crippen LogP contribution < -0.4 is 4.90 Å². The Bertz CT molecular complexity index is 675. The van der Waals surface area contributed by atoms with E-state index in [1.165, 1.54) is 12.4 Å². The average molecular weight is 253 g/mol. The van der Waals surface area contributed by atoms with Crippen molar-refractivity contribution < 1.29 is 9.59 Å². The van der Waals surface area contributed by atoms with Crippen LogP contribution >= 0.6 is 0 Å². The molecule has 1 aliphatic rings. The minimum absolute atomic E-state index is 0.118. The number of benzene rings is 1. The number of amides is 2. The van der Waals surface area contributed by atoms with E-state index in [4.69, 9.17) is 0 Å². The highest BCUT2D eigenvalue weighted by Crippen LogP contribution is 2.28. The molecule has 0 atom stereocenters. The largest absolute Gasteiger partial charge is 0.286 e. The molecular formula is C14H11N3O2. The molecule has 0 radical (unpaired) electrons. The van der Waals surface area contributed by atoms with E-state index >= 15 is 0 Å². The van der Waals surface area contributed by atoms with Crippen LogP contribution in [-0.4, -0.2) is 21.8 Å². The summed E-state index contributed by atoms with van der Waals surface area (Å²) in [6, 6.07) is 5.57. The number of nitrogens with zero attached hydrogens (tertiary/aromatic N) is 3. The predicted molar refractivity (Wildman–Crippen MR) is 69.1 cm³/mol. The van der Waals surface area contributed by atoms with Gasteiger partial charge in [-0.15, -0.1) is 0 Å². The van der Waals surface area contributed by atoms with Crippen molar-refractivity contribution in [1.82, 2.24) is 9.97 Å². The Morgan fingerprint density at radius 2 is 1.53 bits per heavy atom. The number of anilines is 1. The van der Waals surface area contributed by atoms with E-state index in [1.54, 1.807) is 6.07 Å². The van der Waals surface area contributed by atoms with Gasteiger partial charge in [-0.2, -0.15) is 0 Å². The van der Waals surface area contributed by atoms with Crippen LogP contribution in [0.1, 0.15) is 32.1 Å². The first-order valence-electron chi connectivity index (χ1n) is 5.86. The third kappa shape index (κ3) is 1.62. The zero-order valence-electron chi connectivity index (χ0n) is 10.5. The molecule has 0 aliphatic carbocycles. The van der Waals surface area contributed by atoms with E-state index in [0.717, 1.165) is 16.0 Å². The molecule has 3 rings (SSSR count). The molecule has 0 N–H and O–H groups in total. The van der Waals surface area contributed by atoms with Gasteiger partial charge in [0.05, 0.1) is 5.69 Å². The Labute approximate surface area is 109 Å². The Morgan fingerprint density at radius 1 is 0.947 bits per heavy atom. The first-order chi connectivity index (χ1) is 9.09. The summed E-state index contributed by atoms with van der Waals surface area (Å²) in [5.74, 6) is -0.833. The maximum atomic E-state index is 12.2. The number of hydrogen-bond acceptors (Lipinski definition) is 4. The van der Waals surface area contributed by atoms with Crippen molar-refractivity contribution in [1.29, 1.82) is 0 Å². The van der Waals surface area contributed by atoms with Crippen molar-refractivity contribution in [2.24, 2.45) is 0 Å². The summed E-state index contributed by atoms with van der Waals surface area (Å²) in [5.41, 5.74) is 2.77. The summed E-state index contributed by atoms with van der Waals surface area (Å²) in [7, 11) is 0. The summed E-state index contributed by atoms with van der Waals surface area (Å²) < 4.78 is 0. The van der Waals surface area contributed by atoms with Gasteiger partial charge in [0.15, 0.2) is 11.4 Å². The Hall–Kier alpha value is -2.56. The number of fused-ring (bicyclic) bond motifs is 1. The molecule has 0 spiro atoms. The van der Waals surface area contributed by atoms with Crippen LogP contribution in [0.15, 0.2) is 30.6 Å². The van der Waals surface area contributed by atoms with Crippen LogP contribution in [0.4, 0.5) is 5.69 Å². The van der Waals surface area contributed by atoms with Gasteiger partial charge >= 0.3 is 0 Å². The zero-order valence-corrected chi connectivity index (χ0v) is 10.5. The first kappa shape index (κ1) is 11.5. The quantitative estimate of drug-likeness (QED) is 0.728. The van der Waals surface area contributed by atoms with Gasteiger partial charge < -0.3 is 0 Å².